The predicted octanol–water partition coefficient (Wildman–Crippen LogP) is 9.51. The number of rotatable bonds is 6. The molecule has 0 spiro atoms. The molecule has 0 aromatic heterocycles. The lowest BCUT2D eigenvalue weighted by Crippen LogP contribution is -2.28. The number of hydrogen-bond donors (Lipinski definition) is 0. The fourth-order valence-electron chi connectivity index (χ4n) is 3.38. The molecule has 1 saturated heterocycles. The van der Waals surface area contributed by atoms with Crippen LogP contribution in [0.2, 0.25) is 10.0 Å². The predicted molar refractivity (Wildman–Crippen MR) is 160 cm³/mol. The van der Waals surface area contributed by atoms with E-state index in [9.17, 15) is 4.79 Å². The second-order valence-electron chi connectivity index (χ2n) is 7.92. The van der Waals surface area contributed by atoms with E-state index in [1.54, 1.807) is 29.2 Å². The number of ether oxygens (including phenoxy) is 1. The summed E-state index contributed by atoms with van der Waals surface area (Å²) in [6.45, 7) is 7.89. The van der Waals surface area contributed by atoms with Crippen LogP contribution in [0.4, 0.5) is 11.4 Å². The van der Waals surface area contributed by atoms with Crippen LogP contribution >= 0.6 is 66.8 Å². The standard InChI is InChI=1S/C27H20Br2Cl2N2O2S/c1-4-9-35-25-17(10-18(28)12-21(25)29)11-24-26(34)33(20-8-6-16(3)23(31)14-20)27(36-24)32-19-7-5-15(2)22(30)13-19/h4-8,10-14H,1,9H2,2-3H3/b24-11+,32-27?. The molecule has 1 fully saturated rings. The van der Waals surface area contributed by atoms with Gasteiger partial charge in [-0.1, -0.05) is 63.9 Å². The van der Waals surface area contributed by atoms with Crippen molar-refractivity contribution in [3.8, 4) is 5.75 Å². The van der Waals surface area contributed by atoms with Gasteiger partial charge in [0.15, 0.2) is 5.17 Å². The van der Waals surface area contributed by atoms with Crippen molar-refractivity contribution in [2.45, 2.75) is 13.8 Å². The molecule has 1 aliphatic heterocycles. The fraction of sp³-hybridized carbons (Fsp3) is 0.111. The Bertz CT molecular complexity index is 1440. The van der Waals surface area contributed by atoms with Crippen LogP contribution in [0.25, 0.3) is 6.08 Å². The molecule has 0 radical (unpaired) electrons. The molecule has 0 aliphatic carbocycles. The first-order valence-corrected chi connectivity index (χ1v) is 13.9. The second kappa shape index (κ2) is 11.6. The minimum absolute atomic E-state index is 0.220. The van der Waals surface area contributed by atoms with Gasteiger partial charge in [0.05, 0.1) is 20.8 Å². The summed E-state index contributed by atoms with van der Waals surface area (Å²) in [7, 11) is 0. The van der Waals surface area contributed by atoms with Gasteiger partial charge in [0.2, 0.25) is 0 Å². The highest BCUT2D eigenvalue weighted by molar-refractivity contribution is 9.11. The van der Waals surface area contributed by atoms with Gasteiger partial charge < -0.3 is 4.74 Å². The van der Waals surface area contributed by atoms with Gasteiger partial charge in [0.1, 0.15) is 12.4 Å². The molecule has 184 valence electrons. The number of carbonyl (C=O) groups excluding carboxylic acids is 1. The molecule has 0 N–H and O–H groups in total. The van der Waals surface area contributed by atoms with Gasteiger partial charge in [-0.2, -0.15) is 0 Å². The van der Waals surface area contributed by atoms with Crippen molar-refractivity contribution in [1.82, 2.24) is 0 Å². The van der Waals surface area contributed by atoms with Crippen molar-refractivity contribution in [1.29, 1.82) is 0 Å². The average Bonchev–Trinajstić information content (AvgIpc) is 3.12. The summed E-state index contributed by atoms with van der Waals surface area (Å²) in [5.74, 6) is 0.391. The summed E-state index contributed by atoms with van der Waals surface area (Å²) >= 11 is 21.1. The van der Waals surface area contributed by atoms with Gasteiger partial charge in [0.25, 0.3) is 5.91 Å². The van der Waals surface area contributed by atoms with Crippen molar-refractivity contribution < 1.29 is 9.53 Å². The topological polar surface area (TPSA) is 41.9 Å². The third-order valence-corrected chi connectivity index (χ3v) is 8.10. The fourth-order valence-corrected chi connectivity index (χ4v) is 6.10. The van der Waals surface area contributed by atoms with Crippen LogP contribution in [0, 0.1) is 13.8 Å². The summed E-state index contributed by atoms with van der Waals surface area (Å²) < 4.78 is 7.47. The number of amides is 1. The lowest BCUT2D eigenvalue weighted by atomic mass is 10.1. The lowest BCUT2D eigenvalue weighted by Gasteiger charge is -2.17. The van der Waals surface area contributed by atoms with Crippen molar-refractivity contribution in [3.63, 3.8) is 0 Å². The Morgan fingerprint density at radius 1 is 1.06 bits per heavy atom. The van der Waals surface area contributed by atoms with Crippen LogP contribution in [-0.2, 0) is 4.79 Å². The summed E-state index contributed by atoms with van der Waals surface area (Å²) in [4.78, 5) is 20.5. The van der Waals surface area contributed by atoms with Gasteiger partial charge in [-0.05, 0) is 95.1 Å². The zero-order chi connectivity index (χ0) is 26.0. The normalized spacial score (nSPS) is 15.7. The number of amidine groups is 1. The first-order valence-electron chi connectivity index (χ1n) is 10.8. The zero-order valence-electron chi connectivity index (χ0n) is 19.3. The van der Waals surface area contributed by atoms with Crippen molar-refractivity contribution in [2.75, 3.05) is 11.5 Å². The Labute approximate surface area is 241 Å². The molecule has 36 heavy (non-hydrogen) atoms. The number of benzene rings is 3. The Morgan fingerprint density at radius 2 is 1.75 bits per heavy atom. The minimum atomic E-state index is -0.220. The van der Waals surface area contributed by atoms with E-state index >= 15 is 0 Å². The first kappa shape index (κ1) is 27.0. The number of aryl methyl sites for hydroxylation is 2. The van der Waals surface area contributed by atoms with E-state index in [4.69, 9.17) is 32.9 Å². The van der Waals surface area contributed by atoms with E-state index in [1.807, 2.05) is 50.2 Å². The smallest absolute Gasteiger partial charge is 0.271 e. The van der Waals surface area contributed by atoms with Crippen molar-refractivity contribution in [3.05, 3.63) is 102 Å². The summed E-state index contributed by atoms with van der Waals surface area (Å²) in [5, 5.41) is 1.67. The summed E-state index contributed by atoms with van der Waals surface area (Å²) in [6.07, 6.45) is 3.47. The zero-order valence-corrected chi connectivity index (χ0v) is 24.8. The molecule has 3 aromatic rings. The number of halogens is 4. The largest absolute Gasteiger partial charge is 0.488 e. The SMILES string of the molecule is C=CCOc1c(Br)cc(Br)cc1/C=C1/SC(=Nc2ccc(C)c(Cl)c2)N(c2ccc(C)c(Cl)c2)C1=O. The Kier molecular flexibility index (Phi) is 8.68. The Hall–Kier alpha value is -2.03. The van der Waals surface area contributed by atoms with Crippen LogP contribution in [0.5, 0.6) is 5.75 Å². The van der Waals surface area contributed by atoms with Crippen LogP contribution in [0.15, 0.2) is 80.0 Å². The van der Waals surface area contributed by atoms with Gasteiger partial charge in [-0.25, -0.2) is 4.99 Å². The quantitative estimate of drug-likeness (QED) is 0.194. The van der Waals surface area contributed by atoms with E-state index < -0.39 is 0 Å². The molecule has 9 heteroatoms. The minimum Gasteiger partial charge on any atom is -0.488 e. The van der Waals surface area contributed by atoms with Crippen LogP contribution in [0.3, 0.4) is 0 Å². The molecule has 4 nitrogen and oxygen atoms in total. The monoisotopic (exact) mass is 664 g/mol. The van der Waals surface area contributed by atoms with E-state index in [-0.39, 0.29) is 5.91 Å². The second-order valence-corrected chi connectivity index (χ2v) is 11.5. The summed E-state index contributed by atoms with van der Waals surface area (Å²) in [6, 6.07) is 14.8. The van der Waals surface area contributed by atoms with Crippen LogP contribution in [-0.4, -0.2) is 17.7 Å². The third-order valence-electron chi connectivity index (χ3n) is 5.27. The maximum Gasteiger partial charge on any atom is 0.271 e. The molecule has 1 aliphatic rings. The van der Waals surface area contributed by atoms with Gasteiger partial charge >= 0.3 is 0 Å². The molecule has 0 atom stereocenters. The highest BCUT2D eigenvalue weighted by Gasteiger charge is 2.35. The van der Waals surface area contributed by atoms with E-state index in [0.29, 0.717) is 43.8 Å². The summed E-state index contributed by atoms with van der Waals surface area (Å²) in [5.41, 5.74) is 3.87. The molecule has 3 aromatic carbocycles. The molecule has 4 rings (SSSR count). The molecule has 1 heterocycles. The lowest BCUT2D eigenvalue weighted by molar-refractivity contribution is -0.113. The molecule has 0 unspecified atom stereocenters. The Balaban J connectivity index is 1.84. The van der Waals surface area contributed by atoms with Gasteiger partial charge in [0, 0.05) is 20.1 Å². The molecule has 1 amide bonds. The highest BCUT2D eigenvalue weighted by atomic mass is 79.9. The number of hydrogen-bond acceptors (Lipinski definition) is 4. The molecular weight excluding hydrogens is 647 g/mol. The van der Waals surface area contributed by atoms with Crippen molar-refractivity contribution >= 4 is 95.3 Å². The number of thioether (sulfide) groups is 1. The molecule has 0 saturated carbocycles. The maximum absolute atomic E-state index is 13.7. The number of anilines is 1. The third kappa shape index (κ3) is 5.92. The maximum atomic E-state index is 13.7. The number of nitrogens with zero attached hydrogens (tertiary/aromatic N) is 2. The van der Waals surface area contributed by atoms with Crippen LogP contribution < -0.4 is 9.64 Å². The molecule has 0 bridgehead atoms. The van der Waals surface area contributed by atoms with Crippen LogP contribution in [0.1, 0.15) is 16.7 Å². The van der Waals surface area contributed by atoms with E-state index in [1.165, 1.54) is 11.8 Å². The highest BCUT2D eigenvalue weighted by Crippen LogP contribution is 2.41. The number of aliphatic imine (C=N–C) groups is 1. The van der Waals surface area contributed by atoms with Crippen molar-refractivity contribution in [2.24, 2.45) is 4.99 Å². The van der Waals surface area contributed by atoms with Gasteiger partial charge in [-0.3, -0.25) is 9.69 Å². The first-order chi connectivity index (χ1) is 17.2. The van der Waals surface area contributed by atoms with E-state index in [0.717, 1.165) is 25.6 Å². The average molecular weight is 667 g/mol. The van der Waals surface area contributed by atoms with Gasteiger partial charge in [-0.15, -0.1) is 0 Å². The molecular formula is C27H20Br2Cl2N2O2S. The number of carbonyl (C=O) groups is 1. The van der Waals surface area contributed by atoms with E-state index in [2.05, 4.69) is 38.4 Å². The Morgan fingerprint density at radius 3 is 2.42 bits per heavy atom.